The minimum Gasteiger partial charge on any atom is -0.399 e. The van der Waals surface area contributed by atoms with E-state index in [0.717, 1.165) is 6.07 Å². The third-order valence-corrected chi connectivity index (χ3v) is 2.84. The van der Waals surface area contributed by atoms with E-state index in [-0.39, 0.29) is 17.6 Å². The first kappa shape index (κ1) is 14.6. The van der Waals surface area contributed by atoms with Gasteiger partial charge in [0.2, 0.25) is 0 Å². The fraction of sp³-hybridized carbons (Fsp3) is 0. The maximum atomic E-state index is 13.5. The van der Waals surface area contributed by atoms with Gasteiger partial charge in [0, 0.05) is 5.69 Å². The van der Waals surface area contributed by atoms with E-state index in [9.17, 15) is 13.6 Å². The zero-order valence-corrected chi connectivity index (χ0v) is 11.6. The quantitative estimate of drug-likeness (QED) is 0.771. The summed E-state index contributed by atoms with van der Waals surface area (Å²) in [7, 11) is 0. The van der Waals surface area contributed by atoms with Crippen molar-refractivity contribution < 1.29 is 18.0 Å². The molecule has 1 amide bonds. The molecule has 0 unspecified atom stereocenters. The van der Waals surface area contributed by atoms with Gasteiger partial charge in [-0.25, -0.2) is 8.78 Å². The van der Waals surface area contributed by atoms with Crippen LogP contribution in [0.4, 0.5) is 26.2 Å². The number of carbonyl (C=O) groups is 1. The molecule has 8 heteroatoms. The number of hydrogen-bond acceptors (Lipinski definition) is 5. The number of para-hydroxylation sites is 1. The van der Waals surface area contributed by atoms with Gasteiger partial charge in [-0.05, 0) is 24.3 Å². The molecule has 0 saturated heterocycles. The largest absolute Gasteiger partial charge is 0.399 e. The van der Waals surface area contributed by atoms with Gasteiger partial charge in [0.25, 0.3) is 0 Å². The Labute approximate surface area is 129 Å². The second-order valence-electron chi connectivity index (χ2n) is 4.46. The molecule has 3 aromatic rings. The van der Waals surface area contributed by atoms with Crippen molar-refractivity contribution in [3.8, 4) is 0 Å². The average molecular weight is 316 g/mol. The molecule has 1 aromatic heterocycles. The highest BCUT2D eigenvalue weighted by Gasteiger charge is 2.16. The van der Waals surface area contributed by atoms with E-state index in [0.29, 0.717) is 5.69 Å². The summed E-state index contributed by atoms with van der Waals surface area (Å²) < 4.78 is 31.7. The number of anilines is 3. The second-order valence-corrected chi connectivity index (χ2v) is 4.46. The summed E-state index contributed by atoms with van der Waals surface area (Å²) in [6.07, 6.45) is 0. The zero-order valence-electron chi connectivity index (χ0n) is 11.6. The van der Waals surface area contributed by atoms with Crippen molar-refractivity contribution in [1.29, 1.82) is 0 Å². The number of nitrogens with one attached hydrogen (secondary N) is 2. The lowest BCUT2D eigenvalue weighted by atomic mass is 10.3. The topological polar surface area (TPSA) is 80.0 Å². The lowest BCUT2D eigenvalue weighted by Crippen LogP contribution is -2.12. The van der Waals surface area contributed by atoms with Crippen LogP contribution in [-0.4, -0.2) is 16.1 Å². The summed E-state index contributed by atoms with van der Waals surface area (Å²) in [5, 5.41) is 12.1. The summed E-state index contributed by atoms with van der Waals surface area (Å²) in [6, 6.07) is 12.1. The molecule has 0 saturated carbocycles. The molecule has 116 valence electrons. The first-order valence-electron chi connectivity index (χ1n) is 6.54. The Morgan fingerprint density at radius 3 is 2.57 bits per heavy atom. The van der Waals surface area contributed by atoms with E-state index in [1.54, 1.807) is 30.3 Å². The molecule has 0 spiro atoms. The Kier molecular flexibility index (Phi) is 3.96. The Hall–Kier alpha value is -3.29. The predicted molar refractivity (Wildman–Crippen MR) is 78.3 cm³/mol. The first-order valence-corrected chi connectivity index (χ1v) is 6.54. The molecule has 0 fully saturated rings. The SMILES string of the molecule is O=C(Nc1ccccc1)c1nnc(Nc2cccc(F)c2F)o1. The number of nitrogens with zero attached hydrogens (tertiary/aromatic N) is 2. The van der Waals surface area contributed by atoms with Crippen LogP contribution in [0.25, 0.3) is 0 Å². The van der Waals surface area contributed by atoms with Crippen LogP contribution >= 0.6 is 0 Å². The van der Waals surface area contributed by atoms with Crippen LogP contribution in [0.15, 0.2) is 52.9 Å². The molecule has 6 nitrogen and oxygen atoms in total. The molecule has 2 aromatic carbocycles. The van der Waals surface area contributed by atoms with E-state index in [4.69, 9.17) is 4.42 Å². The molecule has 0 atom stereocenters. The van der Waals surface area contributed by atoms with Crippen LogP contribution in [0.1, 0.15) is 10.7 Å². The number of benzene rings is 2. The number of hydrogen-bond donors (Lipinski definition) is 2. The number of halogens is 2. The van der Waals surface area contributed by atoms with Crippen LogP contribution in [-0.2, 0) is 0 Å². The van der Waals surface area contributed by atoms with Gasteiger partial charge in [-0.2, -0.15) is 0 Å². The smallest absolute Gasteiger partial charge is 0.320 e. The first-order chi connectivity index (χ1) is 11.1. The highest BCUT2D eigenvalue weighted by Crippen LogP contribution is 2.21. The molecule has 2 N–H and O–H groups in total. The second kappa shape index (κ2) is 6.22. The average Bonchev–Trinajstić information content (AvgIpc) is 3.02. The summed E-state index contributed by atoms with van der Waals surface area (Å²) in [6.45, 7) is 0. The minimum absolute atomic E-state index is 0.177. The summed E-state index contributed by atoms with van der Waals surface area (Å²) >= 11 is 0. The number of rotatable bonds is 4. The van der Waals surface area contributed by atoms with Crippen molar-refractivity contribution in [3.63, 3.8) is 0 Å². The van der Waals surface area contributed by atoms with Crippen LogP contribution in [0.5, 0.6) is 0 Å². The minimum atomic E-state index is -1.08. The van der Waals surface area contributed by atoms with Crippen LogP contribution in [0.2, 0.25) is 0 Å². The normalized spacial score (nSPS) is 10.3. The van der Waals surface area contributed by atoms with E-state index in [1.165, 1.54) is 12.1 Å². The van der Waals surface area contributed by atoms with Crippen molar-refractivity contribution >= 4 is 23.3 Å². The molecule has 0 aliphatic carbocycles. The Balaban J connectivity index is 1.73. The molecule has 0 radical (unpaired) electrons. The van der Waals surface area contributed by atoms with Crippen molar-refractivity contribution in [1.82, 2.24) is 10.2 Å². The third-order valence-electron chi connectivity index (χ3n) is 2.84. The van der Waals surface area contributed by atoms with Gasteiger partial charge in [0.05, 0.1) is 5.69 Å². The summed E-state index contributed by atoms with van der Waals surface area (Å²) in [5.74, 6) is -3.03. The fourth-order valence-corrected chi connectivity index (χ4v) is 1.79. The third kappa shape index (κ3) is 3.31. The van der Waals surface area contributed by atoms with Gasteiger partial charge in [-0.1, -0.05) is 29.4 Å². The lowest BCUT2D eigenvalue weighted by molar-refractivity contribution is 0.0991. The van der Waals surface area contributed by atoms with Crippen LogP contribution in [0, 0.1) is 11.6 Å². The Bertz CT molecular complexity index is 837. The van der Waals surface area contributed by atoms with Crippen molar-refractivity contribution in [2.24, 2.45) is 0 Å². The van der Waals surface area contributed by atoms with Crippen molar-refractivity contribution in [2.45, 2.75) is 0 Å². The molecule has 1 heterocycles. The maximum Gasteiger partial charge on any atom is 0.320 e. The summed E-state index contributed by atoms with van der Waals surface area (Å²) in [4.78, 5) is 11.9. The lowest BCUT2D eigenvalue weighted by Gasteiger charge is -2.03. The maximum absolute atomic E-state index is 13.5. The van der Waals surface area contributed by atoms with E-state index in [2.05, 4.69) is 20.8 Å². The number of amides is 1. The molecule has 0 bridgehead atoms. The molecule has 0 aliphatic heterocycles. The van der Waals surface area contributed by atoms with Gasteiger partial charge in [0.1, 0.15) is 0 Å². The standard InChI is InChI=1S/C15H10F2N4O2/c16-10-7-4-8-11(12(10)17)19-15-21-20-14(23-15)13(22)18-9-5-2-1-3-6-9/h1-8H,(H,18,22)(H,19,21). The van der Waals surface area contributed by atoms with Crippen molar-refractivity contribution in [3.05, 3.63) is 66.1 Å². The van der Waals surface area contributed by atoms with Gasteiger partial charge in [-0.3, -0.25) is 4.79 Å². The monoisotopic (exact) mass is 316 g/mol. The van der Waals surface area contributed by atoms with Gasteiger partial charge < -0.3 is 15.1 Å². The molecule has 23 heavy (non-hydrogen) atoms. The number of carbonyl (C=O) groups excluding carboxylic acids is 1. The van der Waals surface area contributed by atoms with E-state index < -0.39 is 17.5 Å². The van der Waals surface area contributed by atoms with Gasteiger partial charge >= 0.3 is 17.8 Å². The molecule has 0 aliphatic rings. The molecule has 3 rings (SSSR count). The summed E-state index contributed by atoms with van der Waals surface area (Å²) in [5.41, 5.74) is 0.380. The number of aromatic nitrogens is 2. The highest BCUT2D eigenvalue weighted by atomic mass is 19.2. The highest BCUT2D eigenvalue weighted by molar-refractivity contribution is 6.00. The van der Waals surface area contributed by atoms with Gasteiger partial charge in [0.15, 0.2) is 11.6 Å². The predicted octanol–water partition coefficient (Wildman–Crippen LogP) is 3.34. The van der Waals surface area contributed by atoms with Crippen molar-refractivity contribution in [2.75, 3.05) is 10.6 Å². The van der Waals surface area contributed by atoms with E-state index in [1.807, 2.05) is 0 Å². The Morgan fingerprint density at radius 1 is 1.00 bits per heavy atom. The van der Waals surface area contributed by atoms with Gasteiger partial charge in [-0.15, -0.1) is 5.10 Å². The molecular formula is C15H10F2N4O2. The van der Waals surface area contributed by atoms with Crippen LogP contribution < -0.4 is 10.6 Å². The zero-order chi connectivity index (χ0) is 16.2. The fourth-order valence-electron chi connectivity index (χ4n) is 1.79. The molecular weight excluding hydrogens is 306 g/mol. The van der Waals surface area contributed by atoms with Crippen LogP contribution in [0.3, 0.4) is 0 Å². The van der Waals surface area contributed by atoms with E-state index >= 15 is 0 Å². The Morgan fingerprint density at radius 2 is 1.78 bits per heavy atom.